The number of nitrogens with zero attached hydrogens (tertiary/aromatic N) is 2. The van der Waals surface area contributed by atoms with Crippen LogP contribution >= 0.6 is 0 Å². The van der Waals surface area contributed by atoms with E-state index in [9.17, 15) is 5.11 Å². The third kappa shape index (κ3) is 3.19. The Hall–Kier alpha value is -1.09. The summed E-state index contributed by atoms with van der Waals surface area (Å²) in [4.78, 5) is 6.88. The molecule has 1 unspecified atom stereocenters. The summed E-state index contributed by atoms with van der Waals surface area (Å²) in [6, 6.07) is 4.69. The second-order valence-corrected chi connectivity index (χ2v) is 5.40. The van der Waals surface area contributed by atoms with Crippen LogP contribution in [-0.2, 0) is 0 Å². The van der Waals surface area contributed by atoms with Crippen molar-refractivity contribution in [1.82, 2.24) is 4.98 Å². The Morgan fingerprint density at radius 3 is 2.47 bits per heavy atom. The molecule has 1 heterocycles. The predicted octanol–water partition coefficient (Wildman–Crippen LogP) is 2.76. The number of aliphatic hydroxyl groups excluding tert-OH is 1. The third-order valence-electron chi connectivity index (χ3n) is 3.10. The van der Waals surface area contributed by atoms with Crippen LogP contribution in [0.1, 0.15) is 45.3 Å². The Morgan fingerprint density at radius 2 is 2.06 bits per heavy atom. The van der Waals surface area contributed by atoms with Gasteiger partial charge in [0, 0.05) is 18.8 Å². The van der Waals surface area contributed by atoms with Gasteiger partial charge in [0.25, 0.3) is 0 Å². The normalized spacial score (nSPS) is 17.2. The lowest BCUT2D eigenvalue weighted by Crippen LogP contribution is -2.30. The molecule has 0 bridgehead atoms. The molecule has 0 radical (unpaired) electrons. The predicted molar refractivity (Wildman–Crippen MR) is 70.1 cm³/mol. The zero-order chi connectivity index (χ0) is 12.4. The van der Waals surface area contributed by atoms with E-state index in [0.29, 0.717) is 12.0 Å². The summed E-state index contributed by atoms with van der Waals surface area (Å²) in [5.74, 6) is 1.69. The highest BCUT2D eigenvalue weighted by Gasteiger charge is 2.30. The fraction of sp³-hybridized carbons (Fsp3) is 0.643. The molecule has 0 amide bonds. The van der Waals surface area contributed by atoms with E-state index in [2.05, 4.69) is 23.7 Å². The minimum absolute atomic E-state index is 0.434. The highest BCUT2D eigenvalue weighted by atomic mass is 16.3. The van der Waals surface area contributed by atoms with Crippen LogP contribution in [0, 0.1) is 5.92 Å². The lowest BCUT2D eigenvalue weighted by Gasteiger charge is -2.25. The molecule has 1 aliphatic carbocycles. The second-order valence-electron chi connectivity index (χ2n) is 5.40. The first kappa shape index (κ1) is 12.4. The largest absolute Gasteiger partial charge is 0.389 e. The molecule has 0 saturated heterocycles. The van der Waals surface area contributed by atoms with E-state index in [1.807, 2.05) is 12.1 Å². The SMILES string of the molecule is CC(C)CN(c1ccc(C(C)O)cn1)C1CC1. The molecular weight excluding hydrogens is 212 g/mol. The first-order chi connectivity index (χ1) is 8.08. The van der Waals surface area contributed by atoms with Gasteiger partial charge in [0.05, 0.1) is 6.10 Å². The van der Waals surface area contributed by atoms with Crippen LogP contribution in [0.2, 0.25) is 0 Å². The Kier molecular flexibility index (Phi) is 3.67. The Balaban J connectivity index is 2.12. The Morgan fingerprint density at radius 1 is 1.35 bits per heavy atom. The summed E-state index contributed by atoms with van der Waals surface area (Å²) in [6.07, 6.45) is 3.92. The fourth-order valence-electron chi connectivity index (χ4n) is 2.02. The van der Waals surface area contributed by atoms with Gasteiger partial charge in [-0.2, -0.15) is 0 Å². The molecule has 1 aromatic rings. The van der Waals surface area contributed by atoms with Crippen molar-refractivity contribution in [3.63, 3.8) is 0 Å². The van der Waals surface area contributed by atoms with Crippen molar-refractivity contribution in [2.24, 2.45) is 5.92 Å². The quantitative estimate of drug-likeness (QED) is 0.851. The van der Waals surface area contributed by atoms with Crippen LogP contribution in [0.3, 0.4) is 0 Å². The molecule has 1 saturated carbocycles. The van der Waals surface area contributed by atoms with Crippen LogP contribution < -0.4 is 4.90 Å². The van der Waals surface area contributed by atoms with Crippen LogP contribution in [-0.4, -0.2) is 22.7 Å². The maximum Gasteiger partial charge on any atom is 0.128 e. The number of aliphatic hydroxyl groups is 1. The zero-order valence-corrected chi connectivity index (χ0v) is 10.9. The third-order valence-corrected chi connectivity index (χ3v) is 3.10. The zero-order valence-electron chi connectivity index (χ0n) is 10.9. The van der Waals surface area contributed by atoms with Gasteiger partial charge in [-0.25, -0.2) is 4.98 Å². The number of hydrogen-bond donors (Lipinski definition) is 1. The van der Waals surface area contributed by atoms with Gasteiger partial charge in [-0.05, 0) is 37.3 Å². The maximum atomic E-state index is 9.47. The van der Waals surface area contributed by atoms with Crippen LogP contribution in [0.5, 0.6) is 0 Å². The topological polar surface area (TPSA) is 36.4 Å². The minimum Gasteiger partial charge on any atom is -0.389 e. The highest BCUT2D eigenvalue weighted by molar-refractivity contribution is 5.42. The number of hydrogen-bond acceptors (Lipinski definition) is 3. The van der Waals surface area contributed by atoms with E-state index in [1.165, 1.54) is 12.8 Å². The van der Waals surface area contributed by atoms with Crippen LogP contribution in [0.4, 0.5) is 5.82 Å². The molecule has 3 nitrogen and oxygen atoms in total. The molecule has 1 N–H and O–H groups in total. The van der Waals surface area contributed by atoms with E-state index in [0.717, 1.165) is 17.9 Å². The Labute approximate surface area is 103 Å². The highest BCUT2D eigenvalue weighted by Crippen LogP contribution is 2.31. The maximum absolute atomic E-state index is 9.47. The van der Waals surface area contributed by atoms with E-state index < -0.39 is 6.10 Å². The Bertz CT molecular complexity index is 355. The molecule has 0 spiro atoms. The van der Waals surface area contributed by atoms with Crippen molar-refractivity contribution in [2.45, 2.75) is 45.8 Å². The summed E-state index contributed by atoms with van der Waals surface area (Å²) in [5, 5.41) is 9.47. The molecule has 1 fully saturated rings. The summed E-state index contributed by atoms with van der Waals surface area (Å²) in [7, 11) is 0. The lowest BCUT2D eigenvalue weighted by molar-refractivity contribution is 0.199. The molecule has 0 aliphatic heterocycles. The van der Waals surface area contributed by atoms with E-state index in [-0.39, 0.29) is 0 Å². The smallest absolute Gasteiger partial charge is 0.128 e. The summed E-state index contributed by atoms with van der Waals surface area (Å²) in [5.41, 5.74) is 0.883. The molecule has 0 aromatic carbocycles. The molecule has 1 aromatic heterocycles. The standard InChI is InChI=1S/C14H22N2O/c1-10(2)9-16(13-5-6-13)14-7-4-12(8-15-14)11(3)17/h4,7-8,10-11,13,17H,5-6,9H2,1-3H3. The van der Waals surface area contributed by atoms with Crippen LogP contribution in [0.25, 0.3) is 0 Å². The minimum atomic E-state index is -0.434. The van der Waals surface area contributed by atoms with Crippen LogP contribution in [0.15, 0.2) is 18.3 Å². The number of anilines is 1. The van der Waals surface area contributed by atoms with Gasteiger partial charge in [-0.3, -0.25) is 0 Å². The van der Waals surface area contributed by atoms with E-state index >= 15 is 0 Å². The monoisotopic (exact) mass is 234 g/mol. The van der Waals surface area contributed by atoms with E-state index in [4.69, 9.17) is 0 Å². The van der Waals surface area contributed by atoms with Gasteiger partial charge in [-0.1, -0.05) is 19.9 Å². The molecule has 1 aliphatic rings. The summed E-state index contributed by atoms with van der Waals surface area (Å²) >= 11 is 0. The first-order valence-electron chi connectivity index (χ1n) is 6.48. The average Bonchev–Trinajstić information content (AvgIpc) is 3.09. The molecular formula is C14H22N2O. The van der Waals surface area contributed by atoms with Gasteiger partial charge in [-0.15, -0.1) is 0 Å². The van der Waals surface area contributed by atoms with Gasteiger partial charge >= 0.3 is 0 Å². The second kappa shape index (κ2) is 5.05. The van der Waals surface area contributed by atoms with Gasteiger partial charge in [0.2, 0.25) is 0 Å². The van der Waals surface area contributed by atoms with Gasteiger partial charge in [0.1, 0.15) is 5.82 Å². The molecule has 1 atom stereocenters. The van der Waals surface area contributed by atoms with Gasteiger partial charge < -0.3 is 10.0 Å². The summed E-state index contributed by atoms with van der Waals surface area (Å²) in [6.45, 7) is 7.30. The van der Waals surface area contributed by atoms with Crippen molar-refractivity contribution < 1.29 is 5.11 Å². The van der Waals surface area contributed by atoms with Crippen molar-refractivity contribution in [3.8, 4) is 0 Å². The number of pyridine rings is 1. The lowest BCUT2D eigenvalue weighted by atomic mass is 10.1. The molecule has 17 heavy (non-hydrogen) atoms. The number of aromatic nitrogens is 1. The van der Waals surface area contributed by atoms with Crippen molar-refractivity contribution >= 4 is 5.82 Å². The number of rotatable bonds is 5. The molecule has 94 valence electrons. The first-order valence-corrected chi connectivity index (χ1v) is 6.48. The molecule has 3 heteroatoms. The van der Waals surface area contributed by atoms with Gasteiger partial charge in [0.15, 0.2) is 0 Å². The molecule has 2 rings (SSSR count). The summed E-state index contributed by atoms with van der Waals surface area (Å²) < 4.78 is 0. The fourth-order valence-corrected chi connectivity index (χ4v) is 2.02. The van der Waals surface area contributed by atoms with Crippen molar-refractivity contribution in [1.29, 1.82) is 0 Å². The van der Waals surface area contributed by atoms with E-state index in [1.54, 1.807) is 13.1 Å². The average molecular weight is 234 g/mol. The van der Waals surface area contributed by atoms with Crippen molar-refractivity contribution in [3.05, 3.63) is 23.9 Å². The van der Waals surface area contributed by atoms with Crippen molar-refractivity contribution in [2.75, 3.05) is 11.4 Å².